The van der Waals surface area contributed by atoms with Crippen LogP contribution in [-0.2, 0) is 9.84 Å². The molecule has 2 heteroatoms. The fraction of sp³-hybridized carbons (Fsp3) is 0.818. The molecule has 1 radical (unpaired) electrons. The molecule has 0 heterocycles. The van der Waals surface area contributed by atoms with Crippen molar-refractivity contribution in [2.75, 3.05) is 19.8 Å². The van der Waals surface area contributed by atoms with Gasteiger partial charge in [0.1, 0.15) is 0 Å². The van der Waals surface area contributed by atoms with E-state index in [1.165, 1.54) is 19.3 Å². The third-order valence-corrected chi connectivity index (χ3v) is 1.88. The molecule has 77 valence electrons. The van der Waals surface area contributed by atoms with Crippen LogP contribution >= 0.6 is 0 Å². The molecule has 0 unspecified atom stereocenters. The Balaban J connectivity index is 2.79. The van der Waals surface area contributed by atoms with E-state index in [9.17, 15) is 5.11 Å². The Morgan fingerprint density at radius 1 is 1.00 bits per heavy atom. The number of hydrogen-bond acceptors (Lipinski definition) is 1. The summed E-state index contributed by atoms with van der Waals surface area (Å²) in [5.74, 6) is 0. The molecule has 0 N–H and O–H groups in total. The SMILES string of the molecule is C=CCCCCCCOCCC[O]. The standard InChI is InChI=1S/C11H21O2/c1-2-3-4-5-6-7-10-13-11-8-9-12/h2H,1,3-11H2. The van der Waals surface area contributed by atoms with Gasteiger partial charge in [-0.05, 0) is 25.7 Å². The Bertz CT molecular complexity index is 102. The third-order valence-electron chi connectivity index (χ3n) is 1.88. The van der Waals surface area contributed by atoms with Crippen LogP contribution in [0.1, 0.15) is 38.5 Å². The smallest absolute Gasteiger partial charge is 0.0844 e. The Morgan fingerprint density at radius 3 is 2.38 bits per heavy atom. The normalized spacial score (nSPS) is 10.2. The van der Waals surface area contributed by atoms with E-state index in [0.29, 0.717) is 13.0 Å². The van der Waals surface area contributed by atoms with Gasteiger partial charge in [-0.15, -0.1) is 6.58 Å². The summed E-state index contributed by atoms with van der Waals surface area (Å²) in [6, 6.07) is 0. The Hall–Kier alpha value is -0.340. The minimum Gasteiger partial charge on any atom is -0.381 e. The maximum Gasteiger partial charge on any atom is 0.0844 e. The first kappa shape index (κ1) is 12.7. The van der Waals surface area contributed by atoms with Crippen molar-refractivity contribution >= 4 is 0 Å². The van der Waals surface area contributed by atoms with E-state index in [1.807, 2.05) is 6.08 Å². The first-order chi connectivity index (χ1) is 6.41. The maximum atomic E-state index is 10.0. The molecule has 0 aliphatic carbocycles. The Kier molecular flexibility index (Phi) is 11.4. The van der Waals surface area contributed by atoms with Gasteiger partial charge in [0.15, 0.2) is 0 Å². The second-order valence-corrected chi connectivity index (χ2v) is 3.16. The number of rotatable bonds is 10. The van der Waals surface area contributed by atoms with Crippen molar-refractivity contribution in [1.29, 1.82) is 0 Å². The molecule has 0 amide bonds. The lowest BCUT2D eigenvalue weighted by molar-refractivity contribution is 0.0964. The number of ether oxygens (including phenoxy) is 1. The molecule has 0 aromatic rings. The molecule has 0 aliphatic heterocycles. The molecule has 0 rings (SSSR count). The van der Waals surface area contributed by atoms with Gasteiger partial charge in [0.05, 0.1) is 6.61 Å². The zero-order chi connectivity index (χ0) is 9.78. The molecule has 0 fully saturated rings. The highest BCUT2D eigenvalue weighted by molar-refractivity contribution is 4.65. The summed E-state index contributed by atoms with van der Waals surface area (Å²) in [7, 11) is 0. The average Bonchev–Trinajstić information content (AvgIpc) is 2.16. The van der Waals surface area contributed by atoms with Crippen molar-refractivity contribution in [3.63, 3.8) is 0 Å². The lowest BCUT2D eigenvalue weighted by atomic mass is 10.1. The zero-order valence-electron chi connectivity index (χ0n) is 8.46. The monoisotopic (exact) mass is 185 g/mol. The molecule has 0 aromatic heterocycles. The zero-order valence-corrected chi connectivity index (χ0v) is 8.46. The minimum absolute atomic E-state index is 0.0145. The van der Waals surface area contributed by atoms with E-state index >= 15 is 0 Å². The second-order valence-electron chi connectivity index (χ2n) is 3.16. The van der Waals surface area contributed by atoms with E-state index in [0.717, 1.165) is 19.4 Å². The molecule has 2 nitrogen and oxygen atoms in total. The van der Waals surface area contributed by atoms with Crippen molar-refractivity contribution in [2.24, 2.45) is 0 Å². The van der Waals surface area contributed by atoms with Gasteiger partial charge in [-0.1, -0.05) is 18.9 Å². The van der Waals surface area contributed by atoms with Crippen molar-refractivity contribution in [3.8, 4) is 0 Å². The van der Waals surface area contributed by atoms with Crippen LogP contribution < -0.4 is 0 Å². The number of allylic oxidation sites excluding steroid dienone is 1. The number of unbranched alkanes of at least 4 members (excludes halogenated alkanes) is 4. The van der Waals surface area contributed by atoms with E-state index in [4.69, 9.17) is 4.74 Å². The highest BCUT2D eigenvalue weighted by Crippen LogP contribution is 2.03. The molecule has 0 aliphatic rings. The van der Waals surface area contributed by atoms with Crippen molar-refractivity contribution in [2.45, 2.75) is 38.5 Å². The van der Waals surface area contributed by atoms with E-state index in [-0.39, 0.29) is 6.61 Å². The van der Waals surface area contributed by atoms with Crippen molar-refractivity contribution in [1.82, 2.24) is 0 Å². The summed E-state index contributed by atoms with van der Waals surface area (Å²) in [4.78, 5) is 0. The summed E-state index contributed by atoms with van der Waals surface area (Å²) >= 11 is 0. The van der Waals surface area contributed by atoms with Gasteiger partial charge < -0.3 is 4.74 Å². The Morgan fingerprint density at radius 2 is 1.69 bits per heavy atom. The molecule has 0 aromatic carbocycles. The summed E-state index contributed by atoms with van der Waals surface area (Å²) in [6.45, 7) is 5.11. The highest BCUT2D eigenvalue weighted by atomic mass is 16.5. The van der Waals surface area contributed by atoms with Crippen molar-refractivity contribution in [3.05, 3.63) is 12.7 Å². The van der Waals surface area contributed by atoms with Gasteiger partial charge in [-0.25, -0.2) is 5.11 Å². The molecular formula is C11H21O2. The van der Waals surface area contributed by atoms with Crippen LogP contribution in [0.5, 0.6) is 0 Å². The molecule has 0 atom stereocenters. The van der Waals surface area contributed by atoms with Crippen LogP contribution in [-0.4, -0.2) is 19.8 Å². The van der Waals surface area contributed by atoms with Gasteiger partial charge in [-0.3, -0.25) is 0 Å². The van der Waals surface area contributed by atoms with Crippen LogP contribution in [0.2, 0.25) is 0 Å². The van der Waals surface area contributed by atoms with E-state index in [2.05, 4.69) is 6.58 Å². The quantitative estimate of drug-likeness (QED) is 0.380. The van der Waals surface area contributed by atoms with E-state index < -0.39 is 0 Å². The molecular weight excluding hydrogens is 164 g/mol. The van der Waals surface area contributed by atoms with Crippen LogP contribution in [0.4, 0.5) is 0 Å². The predicted molar refractivity (Wildman–Crippen MR) is 54.3 cm³/mol. The average molecular weight is 185 g/mol. The topological polar surface area (TPSA) is 29.1 Å². The Labute approximate surface area is 81.6 Å². The summed E-state index contributed by atoms with van der Waals surface area (Å²) in [5.41, 5.74) is 0. The minimum atomic E-state index is -0.0145. The summed E-state index contributed by atoms with van der Waals surface area (Å²) in [5, 5.41) is 10.0. The van der Waals surface area contributed by atoms with Gasteiger partial charge in [0.25, 0.3) is 0 Å². The van der Waals surface area contributed by atoms with Gasteiger partial charge >= 0.3 is 0 Å². The largest absolute Gasteiger partial charge is 0.381 e. The van der Waals surface area contributed by atoms with Gasteiger partial charge in [-0.2, -0.15) is 0 Å². The molecule has 0 saturated heterocycles. The fourth-order valence-electron chi connectivity index (χ4n) is 1.11. The van der Waals surface area contributed by atoms with Gasteiger partial charge in [0.2, 0.25) is 0 Å². The van der Waals surface area contributed by atoms with E-state index in [1.54, 1.807) is 0 Å². The van der Waals surface area contributed by atoms with Crippen LogP contribution in [0, 0.1) is 0 Å². The van der Waals surface area contributed by atoms with Gasteiger partial charge in [0, 0.05) is 13.2 Å². The molecule has 0 bridgehead atoms. The van der Waals surface area contributed by atoms with Crippen LogP contribution in [0.15, 0.2) is 12.7 Å². The lowest BCUT2D eigenvalue weighted by Crippen LogP contribution is -1.98. The number of hydrogen-bond donors (Lipinski definition) is 0. The highest BCUT2D eigenvalue weighted by Gasteiger charge is 1.90. The fourth-order valence-corrected chi connectivity index (χ4v) is 1.11. The summed E-state index contributed by atoms with van der Waals surface area (Å²) < 4.78 is 5.26. The predicted octanol–water partition coefficient (Wildman–Crippen LogP) is 2.96. The molecule has 13 heavy (non-hydrogen) atoms. The maximum absolute atomic E-state index is 10.0. The first-order valence-electron chi connectivity index (χ1n) is 5.18. The molecule has 0 saturated carbocycles. The van der Waals surface area contributed by atoms with Crippen LogP contribution in [0.3, 0.4) is 0 Å². The van der Waals surface area contributed by atoms with Crippen molar-refractivity contribution < 1.29 is 9.84 Å². The third kappa shape index (κ3) is 11.7. The first-order valence-corrected chi connectivity index (χ1v) is 5.18. The van der Waals surface area contributed by atoms with Crippen LogP contribution in [0.25, 0.3) is 0 Å². The second kappa shape index (κ2) is 11.7. The molecule has 0 spiro atoms. The summed E-state index contributed by atoms with van der Waals surface area (Å²) in [6.07, 6.45) is 8.58. The lowest BCUT2D eigenvalue weighted by Gasteiger charge is -2.01.